The molecule has 1 atom stereocenters. The van der Waals surface area contributed by atoms with Gasteiger partial charge in [0.2, 0.25) is 5.91 Å². The summed E-state index contributed by atoms with van der Waals surface area (Å²) >= 11 is 1.11. The zero-order valence-corrected chi connectivity index (χ0v) is 21.8. The van der Waals surface area contributed by atoms with Crippen LogP contribution in [0.25, 0.3) is 5.57 Å². The molecule has 1 aromatic heterocycles. The number of halogens is 2. The van der Waals surface area contributed by atoms with E-state index in [2.05, 4.69) is 6.92 Å². The van der Waals surface area contributed by atoms with E-state index in [0.717, 1.165) is 62.7 Å². The Balaban J connectivity index is 1.75. The molecule has 0 spiro atoms. The number of alkyl halides is 1. The number of carbonyl (C=O) groups is 2. The van der Waals surface area contributed by atoms with Crippen molar-refractivity contribution in [2.45, 2.75) is 95.9 Å². The number of carbonyl (C=O) groups excluding carboxylic acids is 2. The van der Waals surface area contributed by atoms with Gasteiger partial charge in [0.15, 0.2) is 6.17 Å². The molecule has 0 bridgehead atoms. The molecule has 5 nitrogen and oxygen atoms in total. The highest BCUT2D eigenvalue weighted by atomic mass is 32.1. The van der Waals surface area contributed by atoms with Gasteiger partial charge in [0, 0.05) is 29.5 Å². The molecule has 194 valence electrons. The van der Waals surface area contributed by atoms with Gasteiger partial charge in [-0.25, -0.2) is 13.6 Å². The van der Waals surface area contributed by atoms with Crippen molar-refractivity contribution in [2.75, 3.05) is 19.1 Å². The molecule has 0 saturated heterocycles. The van der Waals surface area contributed by atoms with Crippen molar-refractivity contribution in [3.8, 4) is 0 Å². The molecule has 1 aromatic rings. The lowest BCUT2D eigenvalue weighted by molar-refractivity contribution is -0.124. The first-order valence-corrected chi connectivity index (χ1v) is 13.8. The lowest BCUT2D eigenvalue weighted by Crippen LogP contribution is -2.47. The molecule has 0 aromatic carbocycles. The van der Waals surface area contributed by atoms with Crippen LogP contribution < -0.4 is 4.90 Å². The summed E-state index contributed by atoms with van der Waals surface area (Å²) in [6, 6.07) is 1.66. The van der Waals surface area contributed by atoms with Gasteiger partial charge in [0.1, 0.15) is 10.7 Å². The van der Waals surface area contributed by atoms with Gasteiger partial charge in [-0.3, -0.25) is 4.79 Å². The van der Waals surface area contributed by atoms with Crippen LogP contribution >= 0.6 is 11.3 Å². The molecule has 35 heavy (non-hydrogen) atoms. The molecule has 0 radical (unpaired) electrons. The van der Waals surface area contributed by atoms with E-state index in [1.807, 2.05) is 4.90 Å². The number of esters is 1. The van der Waals surface area contributed by atoms with Gasteiger partial charge in [-0.05, 0) is 82.6 Å². The first-order valence-electron chi connectivity index (χ1n) is 12.9. The number of anilines is 1. The standard InChI is InChI=1S/C27H37F2NO4S/c1-16-7-9-17(10-8-16)26(31)30(18-11-13-19(33-2)14-12-18)22-15-23(35-25(22)27(32)34-3)20-5-4-6-21(28)24(20)29/h15-19,21H,4-14H2,1-3H3/t16-,17-,18-,19-,21?. The zero-order chi connectivity index (χ0) is 25.1. The first-order chi connectivity index (χ1) is 16.8. The fraction of sp³-hybridized carbons (Fsp3) is 0.704. The highest BCUT2D eigenvalue weighted by molar-refractivity contribution is 7.15. The average molecular weight is 510 g/mol. The van der Waals surface area contributed by atoms with Gasteiger partial charge < -0.3 is 14.4 Å². The summed E-state index contributed by atoms with van der Waals surface area (Å²) < 4.78 is 39.6. The molecule has 3 aliphatic carbocycles. The van der Waals surface area contributed by atoms with E-state index in [1.165, 1.54) is 7.11 Å². The minimum absolute atomic E-state index is 0.0359. The summed E-state index contributed by atoms with van der Waals surface area (Å²) in [7, 11) is 3.02. The second-order valence-corrected chi connectivity index (χ2v) is 11.4. The number of thiophene rings is 1. The predicted octanol–water partition coefficient (Wildman–Crippen LogP) is 6.85. The summed E-state index contributed by atoms with van der Waals surface area (Å²) in [6.07, 6.45) is 6.57. The summed E-state index contributed by atoms with van der Waals surface area (Å²) in [5.74, 6) is -0.751. The molecule has 0 aliphatic heterocycles. The lowest BCUT2D eigenvalue weighted by atomic mass is 9.81. The van der Waals surface area contributed by atoms with Crippen LogP contribution in [-0.4, -0.2) is 44.4 Å². The third-order valence-electron chi connectivity index (χ3n) is 8.03. The van der Waals surface area contributed by atoms with E-state index in [4.69, 9.17) is 9.47 Å². The maximum Gasteiger partial charge on any atom is 0.350 e. The van der Waals surface area contributed by atoms with Crippen LogP contribution in [0.3, 0.4) is 0 Å². The Morgan fingerprint density at radius 3 is 2.34 bits per heavy atom. The van der Waals surface area contributed by atoms with Gasteiger partial charge in [-0.15, -0.1) is 11.3 Å². The Hall–Kier alpha value is -1.80. The van der Waals surface area contributed by atoms with E-state index in [1.54, 1.807) is 13.2 Å². The largest absolute Gasteiger partial charge is 0.465 e. The third-order valence-corrected chi connectivity index (χ3v) is 9.20. The van der Waals surface area contributed by atoms with Gasteiger partial charge in [-0.2, -0.15) is 0 Å². The van der Waals surface area contributed by atoms with E-state index in [9.17, 15) is 18.4 Å². The minimum atomic E-state index is -1.61. The number of methoxy groups -OCH3 is 2. The Labute approximate surface area is 210 Å². The summed E-state index contributed by atoms with van der Waals surface area (Å²) in [6.45, 7) is 2.22. The average Bonchev–Trinajstić information content (AvgIpc) is 3.30. The molecule has 8 heteroatoms. The maximum atomic E-state index is 14.8. The van der Waals surface area contributed by atoms with Crippen molar-refractivity contribution in [1.82, 2.24) is 0 Å². The summed E-state index contributed by atoms with van der Waals surface area (Å²) in [4.78, 5) is 29.5. The normalized spacial score (nSPS) is 29.7. The van der Waals surface area contributed by atoms with Gasteiger partial charge in [0.25, 0.3) is 0 Å². The van der Waals surface area contributed by atoms with Crippen LogP contribution in [0.15, 0.2) is 11.9 Å². The maximum absolute atomic E-state index is 14.8. The predicted molar refractivity (Wildman–Crippen MR) is 134 cm³/mol. The molecule has 1 unspecified atom stereocenters. The number of hydrogen-bond acceptors (Lipinski definition) is 5. The van der Waals surface area contributed by atoms with Crippen LogP contribution in [-0.2, 0) is 14.3 Å². The Morgan fingerprint density at radius 1 is 1.03 bits per heavy atom. The highest BCUT2D eigenvalue weighted by Gasteiger charge is 2.38. The van der Waals surface area contributed by atoms with Crippen molar-refractivity contribution in [3.63, 3.8) is 0 Å². The second kappa shape index (κ2) is 11.5. The van der Waals surface area contributed by atoms with Crippen molar-refractivity contribution in [1.29, 1.82) is 0 Å². The first kappa shape index (κ1) is 26.3. The molecule has 4 rings (SSSR count). The lowest BCUT2D eigenvalue weighted by Gasteiger charge is -2.39. The van der Waals surface area contributed by atoms with Crippen LogP contribution in [0.5, 0.6) is 0 Å². The highest BCUT2D eigenvalue weighted by Crippen LogP contribution is 2.44. The third kappa shape index (κ3) is 5.63. The van der Waals surface area contributed by atoms with E-state index >= 15 is 0 Å². The Bertz CT molecular complexity index is 945. The topological polar surface area (TPSA) is 55.8 Å². The Morgan fingerprint density at radius 2 is 1.71 bits per heavy atom. The number of allylic oxidation sites excluding steroid dienone is 2. The van der Waals surface area contributed by atoms with E-state index < -0.39 is 18.0 Å². The van der Waals surface area contributed by atoms with E-state index in [-0.39, 0.29) is 35.3 Å². The fourth-order valence-electron chi connectivity index (χ4n) is 5.82. The smallest absolute Gasteiger partial charge is 0.350 e. The molecule has 0 N–H and O–H groups in total. The molecular formula is C27H37F2NO4S. The number of nitrogens with zero attached hydrogens (tertiary/aromatic N) is 1. The molecular weight excluding hydrogens is 472 g/mol. The van der Waals surface area contributed by atoms with Crippen LogP contribution in [0.1, 0.15) is 92.1 Å². The van der Waals surface area contributed by atoms with Gasteiger partial charge >= 0.3 is 5.97 Å². The van der Waals surface area contributed by atoms with Crippen molar-refractivity contribution in [3.05, 3.63) is 21.6 Å². The second-order valence-electron chi connectivity index (χ2n) is 10.3. The monoisotopic (exact) mass is 509 g/mol. The molecule has 1 heterocycles. The Kier molecular flexibility index (Phi) is 8.63. The zero-order valence-electron chi connectivity index (χ0n) is 21.0. The van der Waals surface area contributed by atoms with Crippen LogP contribution in [0.4, 0.5) is 14.5 Å². The number of ether oxygens (including phenoxy) is 2. The van der Waals surface area contributed by atoms with Gasteiger partial charge in [0.05, 0.1) is 18.9 Å². The molecule has 1 amide bonds. The number of hydrogen-bond donors (Lipinski definition) is 0. The molecule has 2 fully saturated rings. The van der Waals surface area contributed by atoms with Crippen molar-refractivity contribution in [2.24, 2.45) is 11.8 Å². The van der Waals surface area contributed by atoms with E-state index in [0.29, 0.717) is 34.9 Å². The summed E-state index contributed by atoms with van der Waals surface area (Å²) in [5, 5.41) is 0. The van der Waals surface area contributed by atoms with Crippen molar-refractivity contribution >= 4 is 34.5 Å². The molecule has 3 aliphatic rings. The van der Waals surface area contributed by atoms with Crippen LogP contribution in [0.2, 0.25) is 0 Å². The minimum Gasteiger partial charge on any atom is -0.465 e. The SMILES string of the molecule is COC(=O)c1sc(C2=C(F)C(F)CCC2)cc1N(C(=O)[C@H]1CC[C@H](C)CC1)[C@H]1CC[C@H](OC)CC1. The van der Waals surface area contributed by atoms with Gasteiger partial charge in [-0.1, -0.05) is 6.92 Å². The number of rotatable bonds is 6. The summed E-state index contributed by atoms with van der Waals surface area (Å²) in [5.41, 5.74) is 0.801. The van der Waals surface area contributed by atoms with Crippen molar-refractivity contribution < 1.29 is 27.8 Å². The molecule has 2 saturated carbocycles. The fourth-order valence-corrected chi connectivity index (χ4v) is 6.96. The quantitative estimate of drug-likeness (QED) is 0.393. The number of amides is 1. The van der Waals surface area contributed by atoms with Crippen LogP contribution in [0, 0.1) is 11.8 Å².